The van der Waals surface area contributed by atoms with Crippen LogP contribution in [0.1, 0.15) is 18.4 Å². The molecule has 0 spiro atoms. The lowest BCUT2D eigenvalue weighted by Gasteiger charge is -2.07. The quantitative estimate of drug-likeness (QED) is 0.833. The average molecular weight is 305 g/mol. The monoisotopic (exact) mass is 305 g/mol. The molecule has 0 unspecified atom stereocenters. The van der Waals surface area contributed by atoms with Crippen molar-refractivity contribution in [3.05, 3.63) is 35.9 Å². The Morgan fingerprint density at radius 2 is 1.95 bits per heavy atom. The van der Waals surface area contributed by atoms with Crippen LogP contribution in [0.5, 0.6) is 0 Å². The van der Waals surface area contributed by atoms with Crippen molar-refractivity contribution in [2.45, 2.75) is 24.9 Å². The second-order valence-corrected chi connectivity index (χ2v) is 7.00. The van der Waals surface area contributed by atoms with E-state index in [0.29, 0.717) is 5.56 Å². The summed E-state index contributed by atoms with van der Waals surface area (Å²) in [5, 5.41) is 9.02. The number of rotatable bonds is 6. The highest BCUT2D eigenvalue weighted by Crippen LogP contribution is 2.61. The Kier molecular flexibility index (Phi) is 4.13. The molecule has 3 atom stereocenters. The van der Waals surface area contributed by atoms with E-state index in [4.69, 9.17) is 5.11 Å². The van der Waals surface area contributed by atoms with Crippen LogP contribution in [0.4, 0.5) is 8.78 Å². The van der Waals surface area contributed by atoms with E-state index in [1.165, 1.54) is 6.92 Å². The second-order valence-electron chi connectivity index (χ2n) is 5.15. The van der Waals surface area contributed by atoms with E-state index in [0.717, 1.165) is 0 Å². The molecular weight excluding hydrogens is 288 g/mol. The molecule has 20 heavy (non-hydrogen) atoms. The maximum atomic E-state index is 13.7. The van der Waals surface area contributed by atoms with Gasteiger partial charge in [-0.15, -0.1) is 0 Å². The maximum Gasteiger partial charge on any atom is 0.260 e. The van der Waals surface area contributed by atoms with Gasteiger partial charge in [-0.1, -0.05) is 30.3 Å². The van der Waals surface area contributed by atoms with Gasteiger partial charge in [0.25, 0.3) is 5.92 Å². The molecule has 112 valence electrons. The number of aliphatic hydroxyl groups is 1. The van der Waals surface area contributed by atoms with E-state index in [-0.39, 0.29) is 6.54 Å². The molecule has 1 fully saturated rings. The second kappa shape index (κ2) is 5.38. The molecule has 0 aliphatic heterocycles. The molecule has 7 heteroatoms. The summed E-state index contributed by atoms with van der Waals surface area (Å²) in [5.41, 5.74) is 0.452. The number of benzene rings is 1. The van der Waals surface area contributed by atoms with Crippen LogP contribution < -0.4 is 4.72 Å². The lowest BCUT2D eigenvalue weighted by atomic mass is 10.1. The van der Waals surface area contributed by atoms with Crippen molar-refractivity contribution in [3.63, 3.8) is 0 Å². The van der Waals surface area contributed by atoms with E-state index in [2.05, 4.69) is 4.72 Å². The summed E-state index contributed by atoms with van der Waals surface area (Å²) in [7, 11) is -3.82. The van der Waals surface area contributed by atoms with Gasteiger partial charge in [0.2, 0.25) is 10.0 Å². The first-order valence-corrected chi connectivity index (χ1v) is 7.97. The number of alkyl halides is 2. The number of aliphatic hydroxyl groups excluding tert-OH is 1. The van der Waals surface area contributed by atoms with Gasteiger partial charge in [0.1, 0.15) is 0 Å². The van der Waals surface area contributed by atoms with Crippen molar-refractivity contribution in [1.82, 2.24) is 4.72 Å². The van der Waals surface area contributed by atoms with Crippen LogP contribution in [0.15, 0.2) is 30.3 Å². The lowest BCUT2D eigenvalue weighted by Crippen LogP contribution is -2.33. The number of hydrogen-bond acceptors (Lipinski definition) is 3. The SMILES string of the molecule is C[C@H](O)CNS(=O)(=O)C[C@@H]1[C@@H](c2ccccc2)C1(F)F. The van der Waals surface area contributed by atoms with Gasteiger partial charge in [0.05, 0.1) is 23.7 Å². The van der Waals surface area contributed by atoms with Crippen LogP contribution in [0, 0.1) is 5.92 Å². The summed E-state index contributed by atoms with van der Waals surface area (Å²) in [6.07, 6.45) is -0.852. The molecule has 1 saturated carbocycles. The Morgan fingerprint density at radius 1 is 1.35 bits per heavy atom. The van der Waals surface area contributed by atoms with E-state index < -0.39 is 39.6 Å². The largest absolute Gasteiger partial charge is 0.392 e. The molecule has 0 saturated heterocycles. The molecule has 1 aromatic carbocycles. The van der Waals surface area contributed by atoms with Crippen molar-refractivity contribution in [1.29, 1.82) is 0 Å². The van der Waals surface area contributed by atoms with E-state index in [9.17, 15) is 17.2 Å². The zero-order valence-electron chi connectivity index (χ0n) is 11.0. The number of hydrogen-bond donors (Lipinski definition) is 2. The van der Waals surface area contributed by atoms with Crippen molar-refractivity contribution in [2.24, 2.45) is 5.92 Å². The fraction of sp³-hybridized carbons (Fsp3) is 0.538. The first-order valence-electron chi connectivity index (χ1n) is 6.32. The van der Waals surface area contributed by atoms with Crippen LogP contribution in [0.3, 0.4) is 0 Å². The van der Waals surface area contributed by atoms with Gasteiger partial charge in [0, 0.05) is 6.54 Å². The zero-order valence-corrected chi connectivity index (χ0v) is 11.8. The third-order valence-corrected chi connectivity index (χ3v) is 4.76. The summed E-state index contributed by atoms with van der Waals surface area (Å²) in [4.78, 5) is 0. The first-order chi connectivity index (χ1) is 9.24. The normalized spacial score (nSPS) is 26.2. The molecule has 4 nitrogen and oxygen atoms in total. The fourth-order valence-corrected chi connectivity index (χ4v) is 3.76. The third-order valence-electron chi connectivity index (χ3n) is 3.36. The molecule has 1 aliphatic carbocycles. The molecule has 0 radical (unpaired) electrons. The van der Waals surface area contributed by atoms with E-state index >= 15 is 0 Å². The van der Waals surface area contributed by atoms with Crippen LogP contribution in [-0.4, -0.2) is 37.8 Å². The van der Waals surface area contributed by atoms with Gasteiger partial charge in [-0.25, -0.2) is 21.9 Å². The standard InChI is InChI=1S/C13H17F2NO3S/c1-9(17)7-16-20(18,19)8-11-12(13(11,14)15)10-5-3-2-4-6-10/h2-6,9,11-12,16-17H,7-8H2,1H3/t9-,11+,12+/m0/s1. The summed E-state index contributed by atoms with van der Waals surface area (Å²) in [5.74, 6) is -5.89. The molecule has 1 aromatic rings. The molecular formula is C13H17F2NO3S. The molecule has 2 rings (SSSR count). The van der Waals surface area contributed by atoms with Gasteiger partial charge in [-0.05, 0) is 12.5 Å². The fourth-order valence-electron chi connectivity index (χ4n) is 2.26. The predicted octanol–water partition coefficient (Wildman–Crippen LogP) is 1.34. The predicted molar refractivity (Wildman–Crippen MR) is 71.1 cm³/mol. The van der Waals surface area contributed by atoms with Crippen LogP contribution in [0.25, 0.3) is 0 Å². The topological polar surface area (TPSA) is 66.4 Å². The molecule has 0 heterocycles. The molecule has 2 N–H and O–H groups in total. The minimum absolute atomic E-state index is 0.170. The number of sulfonamides is 1. The number of halogens is 2. The van der Waals surface area contributed by atoms with Gasteiger partial charge in [-0.3, -0.25) is 0 Å². The van der Waals surface area contributed by atoms with Crippen LogP contribution in [-0.2, 0) is 10.0 Å². The highest BCUT2D eigenvalue weighted by Gasteiger charge is 2.69. The summed E-state index contributed by atoms with van der Waals surface area (Å²) >= 11 is 0. The Hall–Kier alpha value is -1.05. The first kappa shape index (κ1) is 15.3. The third kappa shape index (κ3) is 3.34. The van der Waals surface area contributed by atoms with Gasteiger partial charge in [0.15, 0.2) is 0 Å². The lowest BCUT2D eigenvalue weighted by molar-refractivity contribution is 0.0967. The van der Waals surface area contributed by atoms with Crippen molar-refractivity contribution < 1.29 is 22.3 Å². The summed E-state index contributed by atoms with van der Waals surface area (Å²) < 4.78 is 53.0. The molecule has 1 aliphatic rings. The van der Waals surface area contributed by atoms with Gasteiger partial charge < -0.3 is 5.11 Å². The molecule has 0 bridgehead atoms. The smallest absolute Gasteiger partial charge is 0.260 e. The Labute approximate surface area is 116 Å². The van der Waals surface area contributed by atoms with Crippen LogP contribution >= 0.6 is 0 Å². The van der Waals surface area contributed by atoms with E-state index in [1.807, 2.05) is 0 Å². The van der Waals surface area contributed by atoms with Crippen molar-refractivity contribution in [2.75, 3.05) is 12.3 Å². The van der Waals surface area contributed by atoms with E-state index in [1.54, 1.807) is 30.3 Å². The zero-order chi connectivity index (χ0) is 15.0. The maximum absolute atomic E-state index is 13.7. The molecule has 0 aromatic heterocycles. The van der Waals surface area contributed by atoms with Crippen LogP contribution in [0.2, 0.25) is 0 Å². The highest BCUT2D eigenvalue weighted by atomic mass is 32.2. The Morgan fingerprint density at radius 3 is 2.50 bits per heavy atom. The van der Waals surface area contributed by atoms with Crippen molar-refractivity contribution >= 4 is 10.0 Å². The average Bonchev–Trinajstić information content (AvgIpc) is 2.89. The minimum Gasteiger partial charge on any atom is -0.392 e. The number of nitrogens with one attached hydrogen (secondary N) is 1. The molecule has 0 amide bonds. The van der Waals surface area contributed by atoms with Gasteiger partial charge in [-0.2, -0.15) is 0 Å². The highest BCUT2D eigenvalue weighted by molar-refractivity contribution is 7.89. The Bertz CT molecular complexity index is 560. The summed E-state index contributed by atoms with van der Waals surface area (Å²) in [6, 6.07) is 8.19. The minimum atomic E-state index is -3.82. The Balaban J connectivity index is 2.04. The van der Waals surface area contributed by atoms with Crippen molar-refractivity contribution in [3.8, 4) is 0 Å². The summed E-state index contributed by atoms with van der Waals surface area (Å²) in [6.45, 7) is 1.25. The van der Waals surface area contributed by atoms with Gasteiger partial charge >= 0.3 is 0 Å².